The van der Waals surface area contributed by atoms with Gasteiger partial charge in [0.15, 0.2) is 0 Å². The van der Waals surface area contributed by atoms with Crippen LogP contribution in [-0.2, 0) is 22.0 Å². The number of nitriles is 1. The molecule has 120 valence electrons. The van der Waals surface area contributed by atoms with Crippen molar-refractivity contribution in [3.05, 3.63) is 35.4 Å². The lowest BCUT2D eigenvalue weighted by molar-refractivity contribution is -0.138. The van der Waals surface area contributed by atoms with E-state index in [1.165, 1.54) is 12.1 Å². The van der Waals surface area contributed by atoms with Gasteiger partial charge >= 0.3 is 6.18 Å². The van der Waals surface area contributed by atoms with Crippen molar-refractivity contribution in [3.63, 3.8) is 0 Å². The molecule has 10 heteroatoms. The van der Waals surface area contributed by atoms with E-state index < -0.39 is 46.2 Å². The number of hydrogen-bond acceptors (Lipinski definition) is 4. The molecule has 22 heavy (non-hydrogen) atoms. The van der Waals surface area contributed by atoms with Crippen molar-refractivity contribution in [1.82, 2.24) is 4.31 Å². The summed E-state index contributed by atoms with van der Waals surface area (Å²) in [5.41, 5.74) is 3.81. The largest absolute Gasteiger partial charge is 0.416 e. The number of nitrogens with zero attached hydrogens (tertiary/aromatic N) is 2. The molecule has 1 rings (SSSR count). The molecular weight excluding hydrogens is 339 g/mol. The Balaban J connectivity index is 3.17. The van der Waals surface area contributed by atoms with Gasteiger partial charge in [0.1, 0.15) is 6.54 Å². The van der Waals surface area contributed by atoms with Gasteiger partial charge in [-0.2, -0.15) is 22.7 Å². The van der Waals surface area contributed by atoms with E-state index in [-0.39, 0.29) is 4.99 Å². The molecule has 0 radical (unpaired) electrons. The molecule has 1 aromatic rings. The molecule has 0 aliphatic rings. The smallest absolute Gasteiger partial charge is 0.392 e. The van der Waals surface area contributed by atoms with E-state index in [1.807, 2.05) is 0 Å². The molecule has 0 fully saturated rings. The molecule has 0 aliphatic carbocycles. The maximum Gasteiger partial charge on any atom is 0.416 e. The average molecular weight is 351 g/mol. The van der Waals surface area contributed by atoms with Crippen LogP contribution in [0.1, 0.15) is 11.1 Å². The summed E-state index contributed by atoms with van der Waals surface area (Å²) >= 11 is 4.59. The third-order valence-electron chi connectivity index (χ3n) is 2.63. The highest BCUT2D eigenvalue weighted by Gasteiger charge is 2.35. The van der Waals surface area contributed by atoms with Gasteiger partial charge in [-0.15, -0.1) is 0 Å². The lowest BCUT2D eigenvalue weighted by Crippen LogP contribution is -2.38. The average Bonchev–Trinajstić information content (AvgIpc) is 2.36. The molecule has 0 spiro atoms. The van der Waals surface area contributed by atoms with Gasteiger partial charge in [0.05, 0.1) is 28.9 Å². The minimum atomic E-state index is -4.67. The third-order valence-corrected chi connectivity index (χ3v) is 4.48. The Morgan fingerprint density at radius 1 is 1.36 bits per heavy atom. The second-order valence-corrected chi connectivity index (χ2v) is 6.80. The van der Waals surface area contributed by atoms with Crippen LogP contribution in [0.5, 0.6) is 0 Å². The summed E-state index contributed by atoms with van der Waals surface area (Å²) in [6.07, 6.45) is -4.67. The fourth-order valence-corrected chi connectivity index (χ4v) is 3.37. The van der Waals surface area contributed by atoms with Crippen molar-refractivity contribution < 1.29 is 21.6 Å². The minimum absolute atomic E-state index is 0.178. The molecule has 0 saturated heterocycles. The number of thiocarbonyl (C=S) groups is 1. The van der Waals surface area contributed by atoms with Gasteiger partial charge in [-0.1, -0.05) is 30.4 Å². The number of sulfonamides is 1. The Morgan fingerprint density at radius 2 is 1.95 bits per heavy atom. The van der Waals surface area contributed by atoms with E-state index >= 15 is 0 Å². The van der Waals surface area contributed by atoms with Crippen LogP contribution in [0.15, 0.2) is 24.3 Å². The van der Waals surface area contributed by atoms with Gasteiger partial charge in [-0.05, 0) is 11.6 Å². The SMILES string of the molecule is N#CCN(CC(N)=S)S(=O)(=O)Cc1ccccc1C(F)(F)F. The predicted molar refractivity (Wildman–Crippen MR) is 78.0 cm³/mol. The Bertz CT molecular complexity index is 696. The number of hydrogen-bond donors (Lipinski definition) is 1. The molecule has 0 bridgehead atoms. The molecule has 2 N–H and O–H groups in total. The number of benzene rings is 1. The van der Waals surface area contributed by atoms with Crippen LogP contribution >= 0.6 is 12.2 Å². The third kappa shape index (κ3) is 4.94. The molecule has 0 heterocycles. The van der Waals surface area contributed by atoms with Crippen LogP contribution in [-0.4, -0.2) is 30.8 Å². The summed E-state index contributed by atoms with van der Waals surface area (Å²) in [6, 6.07) is 5.97. The van der Waals surface area contributed by atoms with Crippen molar-refractivity contribution in [2.24, 2.45) is 5.73 Å². The van der Waals surface area contributed by atoms with Crippen molar-refractivity contribution in [2.75, 3.05) is 13.1 Å². The van der Waals surface area contributed by atoms with Crippen LogP contribution in [0.25, 0.3) is 0 Å². The van der Waals surface area contributed by atoms with E-state index in [9.17, 15) is 21.6 Å². The molecule has 0 unspecified atom stereocenters. The standard InChI is InChI=1S/C12H12F3N3O2S2/c13-12(14,15)10-4-2-1-3-9(10)8-22(19,20)18(6-5-16)7-11(17)21/h1-4H,6-8H2,(H2,17,21). The summed E-state index contributed by atoms with van der Waals surface area (Å²) in [5, 5.41) is 8.64. The Labute approximate surface area is 131 Å². The highest BCUT2D eigenvalue weighted by molar-refractivity contribution is 7.88. The molecule has 0 aromatic heterocycles. The molecule has 0 saturated carbocycles. The van der Waals surface area contributed by atoms with Crippen LogP contribution in [0.2, 0.25) is 0 Å². The fraction of sp³-hybridized carbons (Fsp3) is 0.333. The maximum absolute atomic E-state index is 12.9. The van der Waals surface area contributed by atoms with Gasteiger partial charge < -0.3 is 5.73 Å². The van der Waals surface area contributed by atoms with E-state index in [2.05, 4.69) is 12.2 Å². The Morgan fingerprint density at radius 3 is 2.45 bits per heavy atom. The van der Waals surface area contributed by atoms with Crippen LogP contribution in [0.3, 0.4) is 0 Å². The first-order chi connectivity index (χ1) is 10.1. The molecule has 5 nitrogen and oxygen atoms in total. The fourth-order valence-electron chi connectivity index (χ4n) is 1.72. The summed E-state index contributed by atoms with van der Waals surface area (Å²) in [5.74, 6) is -0.896. The lowest BCUT2D eigenvalue weighted by atomic mass is 10.1. The van der Waals surface area contributed by atoms with Gasteiger partial charge in [-0.25, -0.2) is 8.42 Å². The number of alkyl halides is 3. The van der Waals surface area contributed by atoms with Gasteiger partial charge in [0.25, 0.3) is 0 Å². The topological polar surface area (TPSA) is 87.2 Å². The van der Waals surface area contributed by atoms with E-state index in [0.717, 1.165) is 12.1 Å². The van der Waals surface area contributed by atoms with E-state index in [1.54, 1.807) is 6.07 Å². The second kappa shape index (κ2) is 7.04. The van der Waals surface area contributed by atoms with Crippen LogP contribution < -0.4 is 5.73 Å². The Kier molecular flexibility index (Phi) is 5.87. The lowest BCUT2D eigenvalue weighted by Gasteiger charge is -2.20. The van der Waals surface area contributed by atoms with Crippen molar-refractivity contribution in [1.29, 1.82) is 5.26 Å². The monoisotopic (exact) mass is 351 g/mol. The van der Waals surface area contributed by atoms with Crippen LogP contribution in [0, 0.1) is 11.3 Å². The molecule has 0 atom stereocenters. The van der Waals surface area contributed by atoms with Crippen molar-refractivity contribution >= 4 is 27.2 Å². The van der Waals surface area contributed by atoms with E-state index in [4.69, 9.17) is 11.0 Å². The van der Waals surface area contributed by atoms with E-state index in [0.29, 0.717) is 4.31 Å². The summed E-state index contributed by atoms with van der Waals surface area (Å²) in [4.78, 5) is -0.178. The minimum Gasteiger partial charge on any atom is -0.392 e. The zero-order valence-corrected chi connectivity index (χ0v) is 12.8. The predicted octanol–water partition coefficient (Wildman–Crippen LogP) is 1.65. The first-order valence-electron chi connectivity index (χ1n) is 5.86. The molecular formula is C12H12F3N3O2S2. The van der Waals surface area contributed by atoms with Crippen molar-refractivity contribution in [2.45, 2.75) is 11.9 Å². The maximum atomic E-state index is 12.9. The van der Waals surface area contributed by atoms with Gasteiger partial charge in [0.2, 0.25) is 10.0 Å². The first-order valence-corrected chi connectivity index (χ1v) is 7.88. The first kappa shape index (κ1) is 18.3. The van der Waals surface area contributed by atoms with Crippen LogP contribution in [0.4, 0.5) is 13.2 Å². The highest BCUT2D eigenvalue weighted by Crippen LogP contribution is 2.32. The van der Waals surface area contributed by atoms with Gasteiger partial charge in [-0.3, -0.25) is 0 Å². The molecule has 0 aliphatic heterocycles. The van der Waals surface area contributed by atoms with Gasteiger partial charge in [0, 0.05) is 0 Å². The summed E-state index contributed by atoms with van der Waals surface area (Å²) < 4.78 is 63.7. The van der Waals surface area contributed by atoms with Crippen molar-refractivity contribution in [3.8, 4) is 6.07 Å². The zero-order valence-electron chi connectivity index (χ0n) is 11.2. The molecule has 0 amide bonds. The second-order valence-electron chi connectivity index (χ2n) is 4.30. The zero-order chi connectivity index (χ0) is 17.0. The quantitative estimate of drug-likeness (QED) is 0.622. The molecule has 1 aromatic carbocycles. The normalized spacial score (nSPS) is 12.1. The number of halogens is 3. The highest BCUT2D eigenvalue weighted by atomic mass is 32.2. The number of nitrogens with two attached hydrogens (primary N) is 1. The number of rotatable bonds is 6. The Hall–Kier alpha value is -1.70. The summed E-state index contributed by atoms with van der Waals surface area (Å²) in [6.45, 7) is -0.951. The summed E-state index contributed by atoms with van der Waals surface area (Å²) in [7, 11) is -4.17.